The van der Waals surface area contributed by atoms with E-state index in [0.717, 1.165) is 10.8 Å². The lowest BCUT2D eigenvalue weighted by molar-refractivity contribution is 1.01. The minimum Gasteiger partial charge on any atom is -0.330 e. The Morgan fingerprint density at radius 3 is 3.00 bits per heavy atom. The maximum atomic E-state index is 5.81. The molecule has 0 spiro atoms. The summed E-state index contributed by atoms with van der Waals surface area (Å²) < 4.78 is 0.838. The summed E-state index contributed by atoms with van der Waals surface area (Å²) in [5.41, 5.74) is 7.85. The van der Waals surface area contributed by atoms with Gasteiger partial charge in [0.1, 0.15) is 0 Å². The Kier molecular flexibility index (Phi) is 3.79. The molecule has 1 nitrogen and oxygen atoms in total. The van der Waals surface area contributed by atoms with Crippen LogP contribution >= 0.6 is 22.9 Å². The van der Waals surface area contributed by atoms with E-state index in [2.05, 4.69) is 18.4 Å². The first kappa shape index (κ1) is 9.78. The van der Waals surface area contributed by atoms with Crippen LogP contribution in [0, 0.1) is 0 Å². The number of rotatable bonds is 3. The molecule has 0 saturated heterocycles. The predicted molar refractivity (Wildman–Crippen MR) is 56.7 cm³/mol. The fourth-order valence-corrected chi connectivity index (χ4v) is 1.87. The van der Waals surface area contributed by atoms with Crippen LogP contribution in [-0.4, -0.2) is 6.54 Å². The normalized spacial score (nSPS) is 12.1. The van der Waals surface area contributed by atoms with Gasteiger partial charge in [-0.3, -0.25) is 0 Å². The molecule has 0 radical (unpaired) electrons. The number of thiophene rings is 1. The van der Waals surface area contributed by atoms with Gasteiger partial charge in [0.15, 0.2) is 0 Å². The van der Waals surface area contributed by atoms with Gasteiger partial charge in [0.25, 0.3) is 0 Å². The third kappa shape index (κ3) is 2.63. The van der Waals surface area contributed by atoms with E-state index >= 15 is 0 Å². The van der Waals surface area contributed by atoms with Crippen LogP contribution in [0.15, 0.2) is 17.5 Å². The lowest BCUT2D eigenvalue weighted by Gasteiger charge is -1.95. The molecule has 66 valence electrons. The molecule has 0 atom stereocenters. The minimum atomic E-state index is 0.704. The third-order valence-corrected chi connectivity index (χ3v) is 2.73. The van der Waals surface area contributed by atoms with Gasteiger partial charge in [0.05, 0.1) is 4.34 Å². The molecular formula is C9H12ClNS. The second-order valence-corrected chi connectivity index (χ2v) is 4.15. The Morgan fingerprint density at radius 2 is 2.50 bits per heavy atom. The average molecular weight is 202 g/mol. The molecule has 2 N–H and O–H groups in total. The molecule has 0 aliphatic rings. The Labute approximate surface area is 81.9 Å². The maximum absolute atomic E-state index is 5.81. The van der Waals surface area contributed by atoms with Crippen molar-refractivity contribution >= 4 is 28.5 Å². The summed E-state index contributed by atoms with van der Waals surface area (Å²) in [5, 5.41) is 2.06. The van der Waals surface area contributed by atoms with Crippen molar-refractivity contribution in [3.05, 3.63) is 27.4 Å². The van der Waals surface area contributed by atoms with Crippen LogP contribution in [0.1, 0.15) is 18.9 Å². The summed E-state index contributed by atoms with van der Waals surface area (Å²) in [6.07, 6.45) is 3.07. The number of nitrogens with two attached hydrogens (primary N) is 1. The second-order valence-electron chi connectivity index (χ2n) is 2.60. The van der Waals surface area contributed by atoms with Crippen molar-refractivity contribution in [2.75, 3.05) is 6.54 Å². The molecule has 0 aliphatic carbocycles. The van der Waals surface area contributed by atoms with Crippen LogP contribution in [0.5, 0.6) is 0 Å². The van der Waals surface area contributed by atoms with E-state index in [4.69, 9.17) is 17.3 Å². The van der Waals surface area contributed by atoms with Gasteiger partial charge in [-0.15, -0.1) is 11.3 Å². The van der Waals surface area contributed by atoms with Gasteiger partial charge in [0.2, 0.25) is 0 Å². The van der Waals surface area contributed by atoms with Crippen molar-refractivity contribution in [2.45, 2.75) is 13.3 Å². The Hall–Kier alpha value is -0.310. The van der Waals surface area contributed by atoms with E-state index in [1.807, 2.05) is 6.07 Å². The molecule has 1 aromatic rings. The van der Waals surface area contributed by atoms with E-state index < -0.39 is 0 Å². The van der Waals surface area contributed by atoms with Gasteiger partial charge in [-0.1, -0.05) is 17.7 Å². The number of hydrogen-bond acceptors (Lipinski definition) is 2. The largest absolute Gasteiger partial charge is 0.330 e. The zero-order valence-electron chi connectivity index (χ0n) is 7.01. The summed E-state index contributed by atoms with van der Waals surface area (Å²) >= 11 is 7.36. The Bertz CT molecular complexity index is 278. The first-order valence-electron chi connectivity index (χ1n) is 3.85. The van der Waals surface area contributed by atoms with Gasteiger partial charge in [-0.2, -0.15) is 0 Å². The average Bonchev–Trinajstić information content (AvgIpc) is 2.47. The van der Waals surface area contributed by atoms with Crippen molar-refractivity contribution in [3.8, 4) is 0 Å². The lowest BCUT2D eigenvalue weighted by Crippen LogP contribution is -1.95. The van der Waals surface area contributed by atoms with Crippen LogP contribution in [-0.2, 0) is 0 Å². The summed E-state index contributed by atoms with van der Waals surface area (Å²) in [6.45, 7) is 2.78. The molecule has 1 rings (SSSR count). The highest BCUT2D eigenvalue weighted by Crippen LogP contribution is 2.25. The minimum absolute atomic E-state index is 0.704. The van der Waals surface area contributed by atoms with Crippen LogP contribution in [0.4, 0.5) is 0 Å². The standard InChI is InChI=1S/C9H12ClNS/c1-7(3-2-4-11)8-5-9(10)12-6-8/h3,5-6H,2,4,11H2,1H3/b7-3+. The van der Waals surface area contributed by atoms with E-state index in [-0.39, 0.29) is 0 Å². The number of halogens is 1. The topological polar surface area (TPSA) is 26.0 Å². The molecule has 0 aromatic carbocycles. The van der Waals surface area contributed by atoms with Gasteiger partial charge < -0.3 is 5.73 Å². The predicted octanol–water partition coefficient (Wildman–Crippen LogP) is 3.15. The Balaban J connectivity index is 2.70. The number of hydrogen-bond donors (Lipinski definition) is 1. The van der Waals surface area contributed by atoms with E-state index in [1.165, 1.54) is 11.1 Å². The first-order valence-corrected chi connectivity index (χ1v) is 5.11. The molecular weight excluding hydrogens is 190 g/mol. The molecule has 3 heteroatoms. The smallest absolute Gasteiger partial charge is 0.0934 e. The van der Waals surface area contributed by atoms with Gasteiger partial charge >= 0.3 is 0 Å². The fraction of sp³-hybridized carbons (Fsp3) is 0.333. The fourth-order valence-electron chi connectivity index (χ4n) is 0.935. The van der Waals surface area contributed by atoms with Crippen molar-refractivity contribution in [3.63, 3.8) is 0 Å². The zero-order chi connectivity index (χ0) is 8.97. The van der Waals surface area contributed by atoms with Crippen molar-refractivity contribution in [1.82, 2.24) is 0 Å². The first-order chi connectivity index (χ1) is 5.74. The molecule has 0 aliphatic heterocycles. The highest BCUT2D eigenvalue weighted by atomic mass is 35.5. The second kappa shape index (κ2) is 4.65. The van der Waals surface area contributed by atoms with Crippen LogP contribution in [0.2, 0.25) is 4.34 Å². The number of allylic oxidation sites excluding steroid dienone is 1. The monoisotopic (exact) mass is 201 g/mol. The van der Waals surface area contributed by atoms with Crippen LogP contribution < -0.4 is 5.73 Å². The van der Waals surface area contributed by atoms with Crippen molar-refractivity contribution in [2.24, 2.45) is 5.73 Å². The summed E-state index contributed by atoms with van der Waals surface area (Å²) in [7, 11) is 0. The maximum Gasteiger partial charge on any atom is 0.0934 e. The molecule has 1 aromatic heterocycles. The Morgan fingerprint density at radius 1 is 1.75 bits per heavy atom. The van der Waals surface area contributed by atoms with E-state index in [9.17, 15) is 0 Å². The SMILES string of the molecule is C/C(=C\CCN)c1csc(Cl)c1. The molecule has 12 heavy (non-hydrogen) atoms. The van der Waals surface area contributed by atoms with Gasteiger partial charge in [0, 0.05) is 0 Å². The molecule has 1 heterocycles. The third-order valence-electron chi connectivity index (χ3n) is 1.64. The molecule has 0 saturated carbocycles. The summed E-state index contributed by atoms with van der Waals surface area (Å²) in [6, 6.07) is 1.98. The highest BCUT2D eigenvalue weighted by Gasteiger charge is 1.98. The van der Waals surface area contributed by atoms with E-state index in [0.29, 0.717) is 6.54 Å². The van der Waals surface area contributed by atoms with Crippen LogP contribution in [0.25, 0.3) is 5.57 Å². The quantitative estimate of drug-likeness (QED) is 0.799. The van der Waals surface area contributed by atoms with Gasteiger partial charge in [-0.25, -0.2) is 0 Å². The zero-order valence-corrected chi connectivity index (χ0v) is 8.58. The lowest BCUT2D eigenvalue weighted by atomic mass is 10.1. The summed E-state index contributed by atoms with van der Waals surface area (Å²) in [5.74, 6) is 0. The van der Waals surface area contributed by atoms with Gasteiger partial charge in [-0.05, 0) is 42.5 Å². The molecule has 0 unspecified atom stereocenters. The van der Waals surface area contributed by atoms with E-state index in [1.54, 1.807) is 11.3 Å². The molecule has 0 bridgehead atoms. The molecule has 0 amide bonds. The van der Waals surface area contributed by atoms with Crippen molar-refractivity contribution < 1.29 is 0 Å². The molecule has 0 fully saturated rings. The van der Waals surface area contributed by atoms with Crippen LogP contribution in [0.3, 0.4) is 0 Å². The van der Waals surface area contributed by atoms with Crippen molar-refractivity contribution in [1.29, 1.82) is 0 Å². The summed E-state index contributed by atoms with van der Waals surface area (Å²) in [4.78, 5) is 0. The highest BCUT2D eigenvalue weighted by molar-refractivity contribution is 7.14.